The molecule has 6 rings (SSSR count). The molecule has 0 aliphatic carbocycles. The van der Waals surface area contributed by atoms with E-state index in [2.05, 4.69) is 86.4 Å². The minimum Gasteiger partial charge on any atom is -0.480 e. The predicted octanol–water partition coefficient (Wildman–Crippen LogP) is -2.75. The van der Waals surface area contributed by atoms with Crippen molar-refractivity contribution in [3.8, 4) is 0 Å². The van der Waals surface area contributed by atoms with Crippen molar-refractivity contribution < 1.29 is 56.9 Å². The highest BCUT2D eigenvalue weighted by Crippen LogP contribution is 2.13. The topological polar surface area (TPSA) is 418 Å². The highest BCUT2D eigenvalue weighted by Gasteiger charge is 2.38. The molecular formula is C38H45F3N18O9. The van der Waals surface area contributed by atoms with Crippen LogP contribution in [0, 0.1) is 0 Å². The number of nitrogens with one attached hydrogen (secondary N) is 11. The van der Waals surface area contributed by atoms with Gasteiger partial charge in [0.1, 0.15) is 30.2 Å². The standard InChI is InChI=1S/C36H44N18O7.C2HF3O2/c37-25(1-19-7-38-13-44-19)31(55)50-26(2-20-8-39-14-45-20)32(56)51-27(3-21-9-40-15-46-21)33(57)52-28(4-22-10-41-16-47-22)34(58)53-29(5-23-11-42-17-48-23)35(59)54-30(36(60)61)6-24-12-43-18-49-24;3-2(4,5)1(6)7/h7-18,25-30H,1-6,37H2,(H,38,44)(H,39,45)(H,40,46)(H,41,47)(H,42,48)(H,43,49)(H,50,55)(H,51,56)(H,52,57)(H,53,58)(H,54,59)(H,60,61);(H,6,7)/t25-,26-,27-,28-,29-,30-;/m0./s1. The molecule has 0 spiro atoms. The SMILES string of the molecule is N[C@@H](Cc1cnc[nH]1)C(=O)N[C@@H](Cc1cnc[nH]1)C(=O)N[C@@H](Cc1cnc[nH]1)C(=O)N[C@@H](Cc1cnc[nH]1)C(=O)N[C@@H](Cc1cnc[nH]1)C(=O)N[C@@H](Cc1cnc[nH]1)C(=O)O.O=C(O)C(F)(F)F. The van der Waals surface area contributed by atoms with Crippen molar-refractivity contribution in [3.63, 3.8) is 0 Å². The van der Waals surface area contributed by atoms with E-state index in [1.807, 2.05) is 0 Å². The molecule has 0 aliphatic rings. The first-order chi connectivity index (χ1) is 32.4. The van der Waals surface area contributed by atoms with E-state index in [0.29, 0.717) is 34.2 Å². The van der Waals surface area contributed by atoms with Crippen molar-refractivity contribution in [2.75, 3.05) is 0 Å². The zero-order chi connectivity index (χ0) is 49.2. The molecule has 15 N–H and O–H groups in total. The minimum atomic E-state index is -5.08. The summed E-state index contributed by atoms with van der Waals surface area (Å²) >= 11 is 0. The number of nitrogens with zero attached hydrogens (tertiary/aromatic N) is 6. The molecule has 27 nitrogen and oxygen atoms in total. The monoisotopic (exact) mass is 954 g/mol. The summed E-state index contributed by atoms with van der Waals surface area (Å²) in [5.41, 5.74) is 9.05. The van der Waals surface area contributed by atoms with Gasteiger partial charge in [-0.3, -0.25) is 24.0 Å². The molecule has 6 atom stereocenters. The van der Waals surface area contributed by atoms with Gasteiger partial charge in [-0.25, -0.2) is 39.5 Å². The van der Waals surface area contributed by atoms with Crippen LogP contribution in [-0.4, -0.2) is 154 Å². The summed E-state index contributed by atoms with van der Waals surface area (Å²) in [5.74, 6) is -7.97. The molecule has 30 heteroatoms. The maximum Gasteiger partial charge on any atom is 0.490 e. The Morgan fingerprint density at radius 1 is 0.441 bits per heavy atom. The van der Waals surface area contributed by atoms with Gasteiger partial charge < -0.3 is 72.4 Å². The molecular weight excluding hydrogens is 910 g/mol. The second kappa shape index (κ2) is 24.0. The lowest BCUT2D eigenvalue weighted by molar-refractivity contribution is -0.192. The molecule has 0 radical (unpaired) electrons. The van der Waals surface area contributed by atoms with Crippen molar-refractivity contribution in [3.05, 3.63) is 109 Å². The Morgan fingerprint density at radius 2 is 0.662 bits per heavy atom. The molecule has 5 amide bonds. The van der Waals surface area contributed by atoms with E-state index >= 15 is 0 Å². The number of carbonyl (C=O) groups is 7. The highest BCUT2D eigenvalue weighted by atomic mass is 19.4. The number of hydrogen-bond donors (Lipinski definition) is 14. The average Bonchev–Trinajstić information content (AvgIpc) is 4.14. The van der Waals surface area contributed by atoms with Crippen molar-refractivity contribution in [1.82, 2.24) is 86.4 Å². The van der Waals surface area contributed by atoms with E-state index in [1.54, 1.807) is 0 Å². The second-order valence-electron chi connectivity index (χ2n) is 14.7. The number of aliphatic carboxylic acids is 2. The first kappa shape index (κ1) is 50.3. The van der Waals surface area contributed by atoms with Crippen LogP contribution in [0.2, 0.25) is 0 Å². The van der Waals surface area contributed by atoms with Crippen molar-refractivity contribution in [1.29, 1.82) is 0 Å². The molecule has 6 heterocycles. The third-order valence-corrected chi connectivity index (χ3v) is 9.61. The maximum absolute atomic E-state index is 14.3. The largest absolute Gasteiger partial charge is 0.490 e. The first-order valence-electron chi connectivity index (χ1n) is 20.1. The van der Waals surface area contributed by atoms with E-state index in [9.17, 15) is 47.0 Å². The number of H-pyrrole nitrogens is 6. The van der Waals surface area contributed by atoms with Gasteiger partial charge in [0.25, 0.3) is 0 Å². The lowest BCUT2D eigenvalue weighted by Crippen LogP contribution is -2.60. The third-order valence-electron chi connectivity index (χ3n) is 9.61. The fraction of sp³-hybridized carbons (Fsp3) is 0.342. The number of carboxylic acids is 2. The Hall–Kier alpha value is -8.70. The van der Waals surface area contributed by atoms with E-state index in [1.165, 1.54) is 75.1 Å². The van der Waals surface area contributed by atoms with Gasteiger partial charge in [0.05, 0.1) is 44.0 Å². The number of nitrogens with two attached hydrogens (primary N) is 1. The van der Waals surface area contributed by atoms with E-state index < -0.39 is 83.9 Å². The van der Waals surface area contributed by atoms with Crippen LogP contribution >= 0.6 is 0 Å². The number of aromatic amines is 6. The molecule has 0 unspecified atom stereocenters. The third kappa shape index (κ3) is 15.8. The number of rotatable bonds is 23. The summed E-state index contributed by atoms with van der Waals surface area (Å²) in [6.07, 6.45) is 11.5. The Balaban J connectivity index is 0.00000114. The van der Waals surface area contributed by atoms with E-state index in [0.717, 1.165) is 0 Å². The highest BCUT2D eigenvalue weighted by molar-refractivity contribution is 5.96. The molecule has 6 aromatic heterocycles. The van der Waals surface area contributed by atoms with E-state index in [4.69, 9.17) is 15.6 Å². The van der Waals surface area contributed by atoms with Gasteiger partial charge in [-0.1, -0.05) is 0 Å². The van der Waals surface area contributed by atoms with Crippen LogP contribution in [-0.2, 0) is 72.1 Å². The number of alkyl halides is 3. The Morgan fingerprint density at radius 3 is 0.882 bits per heavy atom. The second-order valence-corrected chi connectivity index (χ2v) is 14.7. The van der Waals surface area contributed by atoms with Crippen LogP contribution in [0.15, 0.2) is 75.1 Å². The number of amides is 5. The smallest absolute Gasteiger partial charge is 0.480 e. The molecule has 362 valence electrons. The molecule has 0 fully saturated rings. The normalized spacial score (nSPS) is 13.8. The van der Waals surface area contributed by atoms with Gasteiger partial charge in [0.2, 0.25) is 29.5 Å². The molecule has 0 bridgehead atoms. The van der Waals surface area contributed by atoms with Gasteiger partial charge >= 0.3 is 18.1 Å². The van der Waals surface area contributed by atoms with Crippen LogP contribution in [0.1, 0.15) is 34.2 Å². The zero-order valence-corrected chi connectivity index (χ0v) is 35.3. The fourth-order valence-corrected chi connectivity index (χ4v) is 6.21. The number of carbonyl (C=O) groups excluding carboxylic acids is 5. The van der Waals surface area contributed by atoms with Crippen molar-refractivity contribution >= 4 is 41.5 Å². The summed E-state index contributed by atoms with van der Waals surface area (Å²) in [7, 11) is 0. The molecule has 68 heavy (non-hydrogen) atoms. The predicted molar refractivity (Wildman–Crippen MR) is 223 cm³/mol. The summed E-state index contributed by atoms with van der Waals surface area (Å²) in [6.45, 7) is 0. The lowest BCUT2D eigenvalue weighted by Gasteiger charge is -2.27. The van der Waals surface area contributed by atoms with Gasteiger partial charge in [0, 0.05) is 110 Å². The lowest BCUT2D eigenvalue weighted by atomic mass is 10.0. The number of hydrogen-bond acceptors (Lipinski definition) is 14. The minimum absolute atomic E-state index is 0.0536. The van der Waals surface area contributed by atoms with Crippen molar-refractivity contribution in [2.24, 2.45) is 5.73 Å². The zero-order valence-electron chi connectivity index (χ0n) is 35.3. The first-order valence-corrected chi connectivity index (χ1v) is 20.1. The molecule has 0 aromatic carbocycles. The van der Waals surface area contributed by atoms with Gasteiger partial charge in [-0.2, -0.15) is 13.2 Å². The Kier molecular flexibility index (Phi) is 17.8. The Labute approximate surface area is 380 Å². The molecule has 0 aliphatic heterocycles. The number of aromatic nitrogens is 12. The average molecular weight is 955 g/mol. The van der Waals surface area contributed by atoms with Gasteiger partial charge in [-0.05, 0) is 0 Å². The number of carboxylic acid groups (broad SMARTS) is 2. The quantitative estimate of drug-likeness (QED) is 0.0310. The van der Waals surface area contributed by atoms with Gasteiger partial charge in [0.15, 0.2) is 0 Å². The van der Waals surface area contributed by atoms with Crippen LogP contribution in [0.4, 0.5) is 13.2 Å². The molecule has 0 saturated carbocycles. The van der Waals surface area contributed by atoms with Crippen LogP contribution < -0.4 is 32.3 Å². The number of imidazole rings is 6. The Bertz CT molecular complexity index is 2500. The summed E-state index contributed by atoms with van der Waals surface area (Å²) in [4.78, 5) is 132. The van der Waals surface area contributed by atoms with Gasteiger partial charge in [-0.15, -0.1) is 0 Å². The van der Waals surface area contributed by atoms with Crippen LogP contribution in [0.3, 0.4) is 0 Å². The van der Waals surface area contributed by atoms with E-state index in [-0.39, 0.29) is 38.5 Å². The van der Waals surface area contributed by atoms with Crippen LogP contribution in [0.25, 0.3) is 0 Å². The molecule has 6 aromatic rings. The van der Waals surface area contributed by atoms with Crippen LogP contribution in [0.5, 0.6) is 0 Å². The number of halogens is 3. The summed E-state index contributed by atoms with van der Waals surface area (Å²) < 4.78 is 31.7. The maximum atomic E-state index is 14.3. The summed E-state index contributed by atoms with van der Waals surface area (Å²) in [6, 6.07) is -7.79. The van der Waals surface area contributed by atoms with Crippen molar-refractivity contribution in [2.45, 2.75) is 81.0 Å². The molecule has 0 saturated heterocycles. The fourth-order valence-electron chi connectivity index (χ4n) is 6.21. The summed E-state index contributed by atoms with van der Waals surface area (Å²) in [5, 5.41) is 30.2.